The maximum absolute atomic E-state index is 12.6. The fraction of sp³-hybridized carbons (Fsp3) is 0.353. The number of hydrogen-bond donors (Lipinski definition) is 0. The minimum Gasteiger partial charge on any atom is -0.457 e. The van der Waals surface area contributed by atoms with Crippen LogP contribution in [0.1, 0.15) is 10.5 Å². The molecule has 3 rings (SSSR count). The minimum absolute atomic E-state index is 0.201. The SMILES string of the molecule is C=CCOC(=O)c1c(N2CCOCC2)c2cc(Br)ccc2n1C. The molecule has 0 radical (unpaired) electrons. The molecule has 1 fully saturated rings. The first-order chi connectivity index (χ1) is 11.1. The summed E-state index contributed by atoms with van der Waals surface area (Å²) >= 11 is 3.52. The van der Waals surface area contributed by atoms with E-state index in [1.807, 2.05) is 29.8 Å². The maximum atomic E-state index is 12.6. The van der Waals surface area contributed by atoms with Crippen LogP contribution in [0, 0.1) is 0 Å². The number of carbonyl (C=O) groups excluding carboxylic acids is 1. The topological polar surface area (TPSA) is 43.7 Å². The van der Waals surface area contributed by atoms with Gasteiger partial charge in [-0.2, -0.15) is 0 Å². The lowest BCUT2D eigenvalue weighted by atomic mass is 10.2. The highest BCUT2D eigenvalue weighted by Crippen LogP contribution is 2.36. The summed E-state index contributed by atoms with van der Waals surface area (Å²) < 4.78 is 13.6. The Morgan fingerprint density at radius 1 is 1.43 bits per heavy atom. The number of rotatable bonds is 4. The zero-order valence-corrected chi connectivity index (χ0v) is 14.6. The molecular weight excluding hydrogens is 360 g/mol. The molecule has 0 amide bonds. The summed E-state index contributed by atoms with van der Waals surface area (Å²) in [5.74, 6) is -0.332. The smallest absolute Gasteiger partial charge is 0.357 e. The highest BCUT2D eigenvalue weighted by Gasteiger charge is 2.27. The molecule has 0 bridgehead atoms. The molecule has 122 valence electrons. The second kappa shape index (κ2) is 6.76. The van der Waals surface area contributed by atoms with Gasteiger partial charge in [-0.1, -0.05) is 28.6 Å². The van der Waals surface area contributed by atoms with Crippen LogP contribution in [0.3, 0.4) is 0 Å². The van der Waals surface area contributed by atoms with Crippen molar-refractivity contribution in [3.05, 3.63) is 41.0 Å². The third kappa shape index (κ3) is 3.01. The number of anilines is 1. The van der Waals surface area contributed by atoms with E-state index in [1.165, 1.54) is 0 Å². The van der Waals surface area contributed by atoms with E-state index in [1.54, 1.807) is 6.08 Å². The lowest BCUT2D eigenvalue weighted by Crippen LogP contribution is -2.37. The summed E-state index contributed by atoms with van der Waals surface area (Å²) in [6.45, 7) is 6.63. The van der Waals surface area contributed by atoms with Gasteiger partial charge in [-0.15, -0.1) is 0 Å². The summed E-state index contributed by atoms with van der Waals surface area (Å²) in [6, 6.07) is 6.03. The Bertz CT molecular complexity index is 748. The monoisotopic (exact) mass is 378 g/mol. The number of aryl methyl sites for hydroxylation is 1. The first-order valence-corrected chi connectivity index (χ1v) is 8.31. The largest absolute Gasteiger partial charge is 0.457 e. The number of nitrogens with zero attached hydrogens (tertiary/aromatic N) is 2. The van der Waals surface area contributed by atoms with Crippen LogP contribution in [-0.4, -0.2) is 43.4 Å². The molecule has 0 spiro atoms. The van der Waals surface area contributed by atoms with Gasteiger partial charge in [0.15, 0.2) is 5.69 Å². The Morgan fingerprint density at radius 2 is 2.17 bits per heavy atom. The van der Waals surface area contributed by atoms with E-state index >= 15 is 0 Å². The van der Waals surface area contributed by atoms with Gasteiger partial charge in [-0.05, 0) is 18.2 Å². The summed E-state index contributed by atoms with van der Waals surface area (Å²) in [5, 5.41) is 1.04. The second-order valence-corrected chi connectivity index (χ2v) is 6.32. The fourth-order valence-electron chi connectivity index (χ4n) is 2.94. The zero-order chi connectivity index (χ0) is 16.4. The summed E-state index contributed by atoms with van der Waals surface area (Å²) in [4.78, 5) is 14.8. The molecule has 6 heteroatoms. The first kappa shape index (κ1) is 16.1. The highest BCUT2D eigenvalue weighted by atomic mass is 79.9. The molecule has 5 nitrogen and oxygen atoms in total. The van der Waals surface area contributed by atoms with E-state index in [-0.39, 0.29) is 12.6 Å². The fourth-order valence-corrected chi connectivity index (χ4v) is 3.30. The number of aromatic nitrogens is 1. The average Bonchev–Trinajstić information content (AvgIpc) is 2.85. The van der Waals surface area contributed by atoms with Crippen LogP contribution in [0.15, 0.2) is 35.3 Å². The molecule has 1 saturated heterocycles. The van der Waals surface area contributed by atoms with Gasteiger partial charge in [0.1, 0.15) is 6.61 Å². The normalized spacial score (nSPS) is 15.0. The Labute approximate surface area is 143 Å². The van der Waals surface area contributed by atoms with E-state index in [0.717, 1.165) is 34.2 Å². The number of ether oxygens (including phenoxy) is 2. The number of fused-ring (bicyclic) bond motifs is 1. The van der Waals surface area contributed by atoms with Crippen molar-refractivity contribution in [1.29, 1.82) is 0 Å². The van der Waals surface area contributed by atoms with Crippen LogP contribution in [0.4, 0.5) is 5.69 Å². The zero-order valence-electron chi connectivity index (χ0n) is 13.0. The van der Waals surface area contributed by atoms with Crippen LogP contribution in [0.5, 0.6) is 0 Å². The van der Waals surface area contributed by atoms with E-state index in [4.69, 9.17) is 9.47 Å². The molecule has 1 aliphatic heterocycles. The number of carbonyl (C=O) groups is 1. The van der Waals surface area contributed by atoms with E-state index in [2.05, 4.69) is 27.4 Å². The van der Waals surface area contributed by atoms with Gasteiger partial charge in [0.25, 0.3) is 0 Å². The van der Waals surface area contributed by atoms with Crippen LogP contribution < -0.4 is 4.90 Å². The number of hydrogen-bond acceptors (Lipinski definition) is 4. The predicted octanol–water partition coefficient (Wildman–Crippen LogP) is 3.12. The van der Waals surface area contributed by atoms with Crippen molar-refractivity contribution in [3.63, 3.8) is 0 Å². The standard InChI is InChI=1S/C17H19BrN2O3/c1-3-8-23-17(21)16-15(20-6-9-22-10-7-20)13-11-12(18)4-5-14(13)19(16)2/h3-5,11H,1,6-10H2,2H3. The second-order valence-electron chi connectivity index (χ2n) is 5.40. The van der Waals surface area contributed by atoms with Crippen molar-refractivity contribution in [1.82, 2.24) is 4.57 Å². The number of halogens is 1. The van der Waals surface area contributed by atoms with E-state index in [9.17, 15) is 4.79 Å². The Morgan fingerprint density at radius 3 is 2.87 bits per heavy atom. The van der Waals surface area contributed by atoms with Gasteiger partial charge in [0.2, 0.25) is 0 Å². The molecule has 1 aliphatic rings. The van der Waals surface area contributed by atoms with Crippen LogP contribution in [-0.2, 0) is 16.5 Å². The highest BCUT2D eigenvalue weighted by molar-refractivity contribution is 9.10. The first-order valence-electron chi connectivity index (χ1n) is 7.52. The molecule has 2 aromatic rings. The number of benzene rings is 1. The Balaban J connectivity index is 2.17. The molecular formula is C17H19BrN2O3. The Hall–Kier alpha value is -1.79. The van der Waals surface area contributed by atoms with Gasteiger partial charge in [0.05, 0.1) is 24.4 Å². The van der Waals surface area contributed by atoms with Gasteiger partial charge in [0, 0.05) is 30.0 Å². The molecule has 1 aromatic heterocycles. The van der Waals surface area contributed by atoms with Crippen molar-refractivity contribution in [2.75, 3.05) is 37.8 Å². The maximum Gasteiger partial charge on any atom is 0.357 e. The third-order valence-corrected chi connectivity index (χ3v) is 4.48. The molecule has 0 N–H and O–H groups in total. The molecule has 0 unspecified atom stereocenters. The average molecular weight is 379 g/mol. The molecule has 2 heterocycles. The number of esters is 1. The lowest BCUT2D eigenvalue weighted by Gasteiger charge is -2.29. The van der Waals surface area contributed by atoms with Crippen LogP contribution in [0.25, 0.3) is 10.9 Å². The molecule has 0 atom stereocenters. The summed E-state index contributed by atoms with van der Waals surface area (Å²) in [6.07, 6.45) is 1.57. The van der Waals surface area contributed by atoms with Crippen molar-refractivity contribution < 1.29 is 14.3 Å². The quantitative estimate of drug-likeness (QED) is 0.605. The van der Waals surface area contributed by atoms with Crippen LogP contribution >= 0.6 is 15.9 Å². The third-order valence-electron chi connectivity index (χ3n) is 3.99. The van der Waals surface area contributed by atoms with Crippen molar-refractivity contribution in [2.24, 2.45) is 7.05 Å². The predicted molar refractivity (Wildman–Crippen MR) is 94.1 cm³/mol. The van der Waals surface area contributed by atoms with E-state index in [0.29, 0.717) is 18.9 Å². The van der Waals surface area contributed by atoms with Crippen molar-refractivity contribution in [2.45, 2.75) is 0 Å². The molecule has 0 saturated carbocycles. The lowest BCUT2D eigenvalue weighted by molar-refractivity contribution is 0.0539. The van der Waals surface area contributed by atoms with Gasteiger partial charge in [-0.25, -0.2) is 4.79 Å². The minimum atomic E-state index is -0.332. The molecule has 23 heavy (non-hydrogen) atoms. The van der Waals surface area contributed by atoms with Gasteiger partial charge < -0.3 is 18.9 Å². The van der Waals surface area contributed by atoms with Crippen LogP contribution in [0.2, 0.25) is 0 Å². The van der Waals surface area contributed by atoms with Gasteiger partial charge in [-0.3, -0.25) is 0 Å². The molecule has 0 aliphatic carbocycles. The number of morpholine rings is 1. The van der Waals surface area contributed by atoms with Gasteiger partial charge >= 0.3 is 5.97 Å². The Kier molecular flexibility index (Phi) is 4.73. The summed E-state index contributed by atoms with van der Waals surface area (Å²) in [5.41, 5.74) is 2.49. The van der Waals surface area contributed by atoms with Crippen molar-refractivity contribution in [3.8, 4) is 0 Å². The van der Waals surface area contributed by atoms with E-state index < -0.39 is 0 Å². The summed E-state index contributed by atoms with van der Waals surface area (Å²) in [7, 11) is 1.89. The van der Waals surface area contributed by atoms with Crippen molar-refractivity contribution >= 4 is 38.5 Å². The molecule has 1 aromatic carbocycles.